The van der Waals surface area contributed by atoms with E-state index in [0.29, 0.717) is 5.69 Å². The van der Waals surface area contributed by atoms with Gasteiger partial charge in [-0.15, -0.1) is 0 Å². The molecule has 2 aromatic carbocycles. The number of hydrogen-bond donors (Lipinski definition) is 0. The molecule has 0 radical (unpaired) electrons. The highest BCUT2D eigenvalue weighted by atomic mass is 32.2. The molecule has 160 valence electrons. The summed E-state index contributed by atoms with van der Waals surface area (Å²) >= 11 is 0. The number of carbonyl (C=O) groups excluding carboxylic acids is 2. The number of halogens is 1. The van der Waals surface area contributed by atoms with Crippen molar-refractivity contribution in [2.75, 3.05) is 44.9 Å². The molecule has 0 aromatic heterocycles. The lowest BCUT2D eigenvalue weighted by Gasteiger charge is -2.26. The third-order valence-corrected chi connectivity index (χ3v) is 6.51. The fraction of sp³-hybridized carbons (Fsp3) is 0.300. The molecule has 1 saturated heterocycles. The van der Waals surface area contributed by atoms with E-state index in [-0.39, 0.29) is 31.9 Å². The second-order valence-electron chi connectivity index (χ2n) is 6.53. The predicted octanol–water partition coefficient (Wildman–Crippen LogP) is 1.67. The molecule has 0 spiro atoms. The van der Waals surface area contributed by atoms with E-state index in [4.69, 9.17) is 9.47 Å². The van der Waals surface area contributed by atoms with Crippen LogP contribution in [0.5, 0.6) is 0 Å². The van der Waals surface area contributed by atoms with Gasteiger partial charge in [0.05, 0.1) is 18.8 Å². The van der Waals surface area contributed by atoms with E-state index in [1.165, 1.54) is 11.9 Å². The van der Waals surface area contributed by atoms with Crippen LogP contribution in [0.4, 0.5) is 10.1 Å². The minimum atomic E-state index is -4.13. The number of hydrogen-bond acceptors (Lipinski definition) is 6. The van der Waals surface area contributed by atoms with Gasteiger partial charge in [0.1, 0.15) is 10.7 Å². The highest BCUT2D eigenvalue weighted by molar-refractivity contribution is 7.89. The molecule has 0 bridgehead atoms. The number of sulfonamides is 1. The molecular weight excluding hydrogens is 415 g/mol. The SMILES string of the molecule is CN(C(=O)COC(=O)c1ccc(F)c(S(=O)(=O)N2CCOCC2)c1)c1ccccc1. The first-order chi connectivity index (χ1) is 14.3. The molecule has 8 nitrogen and oxygen atoms in total. The molecule has 3 rings (SSSR count). The number of para-hydroxylation sites is 1. The monoisotopic (exact) mass is 436 g/mol. The van der Waals surface area contributed by atoms with Crippen molar-refractivity contribution in [2.45, 2.75) is 4.90 Å². The van der Waals surface area contributed by atoms with Gasteiger partial charge in [-0.2, -0.15) is 4.31 Å². The van der Waals surface area contributed by atoms with Crippen LogP contribution in [-0.2, 0) is 24.3 Å². The van der Waals surface area contributed by atoms with Gasteiger partial charge in [-0.05, 0) is 30.3 Å². The van der Waals surface area contributed by atoms with E-state index in [1.54, 1.807) is 30.3 Å². The average molecular weight is 436 g/mol. The first-order valence-electron chi connectivity index (χ1n) is 9.17. The first kappa shape index (κ1) is 21.9. The number of amides is 1. The zero-order chi connectivity index (χ0) is 21.7. The Labute approximate surface area is 173 Å². The summed E-state index contributed by atoms with van der Waals surface area (Å²) in [6.07, 6.45) is 0. The van der Waals surface area contributed by atoms with Crippen molar-refractivity contribution in [2.24, 2.45) is 0 Å². The number of esters is 1. The van der Waals surface area contributed by atoms with Gasteiger partial charge in [-0.25, -0.2) is 17.6 Å². The van der Waals surface area contributed by atoms with E-state index in [1.807, 2.05) is 0 Å². The van der Waals surface area contributed by atoms with Gasteiger partial charge in [-0.3, -0.25) is 4.79 Å². The van der Waals surface area contributed by atoms with Gasteiger partial charge in [0.2, 0.25) is 10.0 Å². The van der Waals surface area contributed by atoms with E-state index >= 15 is 0 Å². The van der Waals surface area contributed by atoms with Crippen LogP contribution in [-0.4, -0.2) is 64.6 Å². The predicted molar refractivity (Wildman–Crippen MR) is 106 cm³/mol. The molecule has 1 fully saturated rings. The summed E-state index contributed by atoms with van der Waals surface area (Å²) in [6.45, 7) is 0.0555. The Morgan fingerprint density at radius 1 is 1.13 bits per heavy atom. The van der Waals surface area contributed by atoms with Crippen LogP contribution in [0.15, 0.2) is 53.4 Å². The average Bonchev–Trinajstić information content (AvgIpc) is 2.78. The largest absolute Gasteiger partial charge is 0.452 e. The van der Waals surface area contributed by atoms with Crippen molar-refractivity contribution >= 4 is 27.6 Å². The zero-order valence-corrected chi connectivity index (χ0v) is 17.1. The van der Waals surface area contributed by atoms with E-state index < -0.39 is 39.2 Å². The Bertz CT molecular complexity index is 1020. The Hall–Kier alpha value is -2.82. The Balaban J connectivity index is 1.71. The van der Waals surface area contributed by atoms with Crippen LogP contribution in [0.3, 0.4) is 0 Å². The lowest BCUT2D eigenvalue weighted by molar-refractivity contribution is -0.121. The lowest BCUT2D eigenvalue weighted by Crippen LogP contribution is -2.41. The minimum absolute atomic E-state index is 0.0940. The standard InChI is InChI=1S/C20H21FN2O6S/c1-22(16-5-3-2-4-6-16)19(24)14-29-20(25)15-7-8-17(21)18(13-15)30(26,27)23-9-11-28-12-10-23/h2-8,13H,9-12,14H2,1H3. The molecule has 1 aliphatic heterocycles. The van der Waals surface area contributed by atoms with Crippen molar-refractivity contribution in [3.63, 3.8) is 0 Å². The molecule has 2 aromatic rings. The van der Waals surface area contributed by atoms with Gasteiger partial charge >= 0.3 is 5.97 Å². The lowest BCUT2D eigenvalue weighted by atomic mass is 10.2. The topological polar surface area (TPSA) is 93.2 Å². The van der Waals surface area contributed by atoms with Crippen LogP contribution in [0.25, 0.3) is 0 Å². The Morgan fingerprint density at radius 2 is 1.80 bits per heavy atom. The van der Waals surface area contributed by atoms with Crippen molar-refractivity contribution < 1.29 is 31.9 Å². The minimum Gasteiger partial charge on any atom is -0.452 e. The van der Waals surface area contributed by atoms with Crippen LogP contribution >= 0.6 is 0 Å². The molecule has 0 saturated carbocycles. The molecular formula is C20H21FN2O6S. The summed E-state index contributed by atoms with van der Waals surface area (Å²) in [5.41, 5.74) is 0.456. The Kier molecular flexibility index (Phi) is 6.80. The maximum atomic E-state index is 14.2. The number of anilines is 1. The molecule has 0 atom stereocenters. The quantitative estimate of drug-likeness (QED) is 0.640. The molecule has 0 aliphatic carbocycles. The second-order valence-corrected chi connectivity index (χ2v) is 8.43. The Morgan fingerprint density at radius 3 is 2.47 bits per heavy atom. The molecule has 1 heterocycles. The smallest absolute Gasteiger partial charge is 0.338 e. The number of carbonyl (C=O) groups is 2. The number of rotatable bonds is 6. The molecule has 0 unspecified atom stereocenters. The van der Waals surface area contributed by atoms with Crippen LogP contribution in [0.2, 0.25) is 0 Å². The van der Waals surface area contributed by atoms with Gasteiger partial charge in [0.15, 0.2) is 6.61 Å². The highest BCUT2D eigenvalue weighted by Gasteiger charge is 2.30. The van der Waals surface area contributed by atoms with E-state index in [0.717, 1.165) is 22.5 Å². The van der Waals surface area contributed by atoms with Crippen molar-refractivity contribution in [1.82, 2.24) is 4.31 Å². The van der Waals surface area contributed by atoms with Crippen LogP contribution in [0.1, 0.15) is 10.4 Å². The number of nitrogens with zero attached hydrogens (tertiary/aromatic N) is 2. The van der Waals surface area contributed by atoms with Crippen molar-refractivity contribution in [3.8, 4) is 0 Å². The van der Waals surface area contributed by atoms with Crippen molar-refractivity contribution in [1.29, 1.82) is 0 Å². The third-order valence-electron chi connectivity index (χ3n) is 4.60. The summed E-state index contributed by atoms with van der Waals surface area (Å²) in [5.74, 6) is -2.38. The van der Waals surface area contributed by atoms with Crippen molar-refractivity contribution in [3.05, 3.63) is 59.9 Å². The second kappa shape index (κ2) is 9.33. The number of benzene rings is 2. The summed E-state index contributed by atoms with van der Waals surface area (Å²) < 4.78 is 50.9. The normalized spacial score (nSPS) is 14.9. The van der Waals surface area contributed by atoms with Gasteiger partial charge in [0, 0.05) is 25.8 Å². The fourth-order valence-electron chi connectivity index (χ4n) is 2.86. The summed E-state index contributed by atoms with van der Waals surface area (Å²) in [5, 5.41) is 0. The van der Waals surface area contributed by atoms with Gasteiger partial charge in [-0.1, -0.05) is 18.2 Å². The molecule has 0 N–H and O–H groups in total. The molecule has 10 heteroatoms. The van der Waals surface area contributed by atoms with E-state index in [9.17, 15) is 22.4 Å². The molecule has 1 aliphatic rings. The number of morpholine rings is 1. The summed E-state index contributed by atoms with van der Waals surface area (Å²) in [4.78, 5) is 25.3. The third kappa shape index (κ3) is 4.84. The number of ether oxygens (including phenoxy) is 2. The van der Waals surface area contributed by atoms with Gasteiger partial charge in [0.25, 0.3) is 5.91 Å². The van der Waals surface area contributed by atoms with Gasteiger partial charge < -0.3 is 14.4 Å². The summed E-state index contributed by atoms with van der Waals surface area (Å²) in [6, 6.07) is 11.7. The molecule has 1 amide bonds. The molecule has 30 heavy (non-hydrogen) atoms. The highest BCUT2D eigenvalue weighted by Crippen LogP contribution is 2.22. The maximum Gasteiger partial charge on any atom is 0.338 e. The van der Waals surface area contributed by atoms with E-state index in [2.05, 4.69) is 0 Å². The maximum absolute atomic E-state index is 14.2. The number of likely N-dealkylation sites (N-methyl/N-ethyl adjacent to an activating group) is 1. The van der Waals surface area contributed by atoms with Crippen LogP contribution < -0.4 is 4.90 Å². The zero-order valence-electron chi connectivity index (χ0n) is 16.3. The van der Waals surface area contributed by atoms with Crippen LogP contribution in [0, 0.1) is 5.82 Å². The fourth-order valence-corrected chi connectivity index (χ4v) is 4.36. The summed E-state index contributed by atoms with van der Waals surface area (Å²) in [7, 11) is -2.60. The first-order valence-corrected chi connectivity index (χ1v) is 10.6.